The van der Waals surface area contributed by atoms with Crippen LogP contribution in [0.4, 0.5) is 0 Å². The average molecular weight is 424 g/mol. The van der Waals surface area contributed by atoms with Gasteiger partial charge in [0.2, 0.25) is 11.8 Å². The zero-order valence-corrected chi connectivity index (χ0v) is 18.1. The van der Waals surface area contributed by atoms with Crippen molar-refractivity contribution >= 4 is 35.8 Å². The Labute approximate surface area is 171 Å². The molecule has 0 atom stereocenters. The van der Waals surface area contributed by atoms with E-state index in [0.717, 1.165) is 0 Å². The van der Waals surface area contributed by atoms with Crippen LogP contribution in [0.5, 0.6) is 0 Å². The third-order valence-corrected chi connectivity index (χ3v) is 2.24. The number of ether oxygens (including phenoxy) is 1. The van der Waals surface area contributed by atoms with Crippen LogP contribution < -0.4 is 22.1 Å². The van der Waals surface area contributed by atoms with Crippen LogP contribution in [0.25, 0.3) is 0 Å². The molecule has 0 radical (unpaired) electrons. The second kappa shape index (κ2) is 32.8. The largest absolute Gasteiger partial charge is 0.480 e. The predicted molar refractivity (Wildman–Crippen MR) is 108 cm³/mol. The van der Waals surface area contributed by atoms with E-state index in [1.807, 2.05) is 0 Å². The highest BCUT2D eigenvalue weighted by Crippen LogP contribution is 1.88. The van der Waals surface area contributed by atoms with Crippen molar-refractivity contribution < 1.29 is 38.6 Å². The lowest BCUT2D eigenvalue weighted by Crippen LogP contribution is -2.17. The Morgan fingerprint density at radius 3 is 1.21 bits per heavy atom. The number of hydrogen-bond donors (Lipinski definition) is 5. The summed E-state index contributed by atoms with van der Waals surface area (Å²) < 4.78 is 3.86. The minimum absolute atomic E-state index is 0.0543. The quantitative estimate of drug-likeness (QED) is 0.288. The SMILES string of the molecule is CN.CNC(=O)CCC(C)=O.CNC(=O)CCC(C)=O.COC=O.NCC(=O)O. The molecule has 0 saturated carbocycles. The number of nitrogens with two attached hydrogens (primary N) is 2. The van der Waals surface area contributed by atoms with Gasteiger partial charge in [-0.2, -0.15) is 0 Å². The van der Waals surface area contributed by atoms with Gasteiger partial charge in [-0.1, -0.05) is 0 Å². The first kappa shape index (κ1) is 37.0. The molecule has 0 aromatic heterocycles. The van der Waals surface area contributed by atoms with Crippen molar-refractivity contribution in [1.29, 1.82) is 0 Å². The third-order valence-electron chi connectivity index (χ3n) is 2.24. The normalized spacial score (nSPS) is 7.59. The number of carbonyl (C=O) groups excluding carboxylic acids is 5. The molecule has 0 rings (SSSR count). The van der Waals surface area contributed by atoms with Crippen LogP contribution in [0.2, 0.25) is 0 Å². The molecule has 12 nitrogen and oxygen atoms in total. The molecule has 12 heteroatoms. The third kappa shape index (κ3) is 67.3. The number of carbonyl (C=O) groups is 6. The number of nitrogens with one attached hydrogen (secondary N) is 2. The lowest BCUT2D eigenvalue weighted by Gasteiger charge is -1.93. The van der Waals surface area contributed by atoms with Gasteiger partial charge in [0.25, 0.3) is 6.47 Å². The minimum atomic E-state index is -0.968. The van der Waals surface area contributed by atoms with Gasteiger partial charge in [-0.25, -0.2) is 0 Å². The zero-order valence-electron chi connectivity index (χ0n) is 18.1. The van der Waals surface area contributed by atoms with Crippen LogP contribution in [0.1, 0.15) is 39.5 Å². The summed E-state index contributed by atoms with van der Waals surface area (Å²) in [7, 11) is 5.93. The van der Waals surface area contributed by atoms with E-state index in [4.69, 9.17) is 9.90 Å². The summed E-state index contributed by atoms with van der Waals surface area (Å²) in [4.78, 5) is 59.7. The van der Waals surface area contributed by atoms with Crippen LogP contribution in [0.3, 0.4) is 0 Å². The van der Waals surface area contributed by atoms with Crippen molar-refractivity contribution in [2.24, 2.45) is 11.5 Å². The summed E-state index contributed by atoms with van der Waals surface area (Å²) in [5.74, 6) is -1.02. The Hall–Kier alpha value is -2.86. The van der Waals surface area contributed by atoms with Gasteiger partial charge in [-0.15, -0.1) is 0 Å². The predicted octanol–water partition coefficient (Wildman–Crippen LogP) is -1.40. The number of carboxylic acid groups (broad SMARTS) is 1. The summed E-state index contributed by atoms with van der Waals surface area (Å²) in [5.41, 5.74) is 9.07. The molecule has 7 N–H and O–H groups in total. The van der Waals surface area contributed by atoms with Gasteiger partial charge >= 0.3 is 5.97 Å². The molecule has 29 heavy (non-hydrogen) atoms. The summed E-state index contributed by atoms with van der Waals surface area (Å²) in [6.45, 7) is 3.05. The molecular weight excluding hydrogens is 388 g/mol. The van der Waals surface area contributed by atoms with Crippen molar-refractivity contribution in [1.82, 2.24) is 10.6 Å². The summed E-state index contributed by atoms with van der Waals surface area (Å²) in [6.07, 6.45) is 1.32. The van der Waals surface area contributed by atoms with Crippen LogP contribution in [0.15, 0.2) is 0 Å². The molecule has 0 bridgehead atoms. The van der Waals surface area contributed by atoms with E-state index >= 15 is 0 Å². The van der Waals surface area contributed by atoms with Crippen LogP contribution in [-0.4, -0.2) is 75.7 Å². The van der Waals surface area contributed by atoms with Crippen molar-refractivity contribution in [2.45, 2.75) is 39.5 Å². The number of amides is 2. The van der Waals surface area contributed by atoms with Crippen LogP contribution in [-0.2, 0) is 33.5 Å². The van der Waals surface area contributed by atoms with E-state index in [-0.39, 0.29) is 29.9 Å². The van der Waals surface area contributed by atoms with Crippen molar-refractivity contribution in [3.8, 4) is 0 Å². The summed E-state index contributed by atoms with van der Waals surface area (Å²) in [6, 6.07) is 0. The van der Waals surface area contributed by atoms with Gasteiger partial charge in [-0.3, -0.25) is 19.2 Å². The number of methoxy groups -OCH3 is 1. The van der Waals surface area contributed by atoms with E-state index < -0.39 is 5.97 Å². The lowest BCUT2D eigenvalue weighted by molar-refractivity contribution is -0.135. The van der Waals surface area contributed by atoms with Gasteiger partial charge in [-0.05, 0) is 20.9 Å². The first-order chi connectivity index (χ1) is 13.5. The van der Waals surface area contributed by atoms with Crippen LogP contribution in [0, 0.1) is 0 Å². The topological polar surface area (TPSA) is 208 Å². The van der Waals surface area contributed by atoms with Crippen molar-refractivity contribution in [3.63, 3.8) is 0 Å². The molecule has 0 aliphatic heterocycles. The van der Waals surface area contributed by atoms with Gasteiger partial charge in [0.15, 0.2) is 0 Å². The second-order valence-corrected chi connectivity index (χ2v) is 4.68. The smallest absolute Gasteiger partial charge is 0.317 e. The highest BCUT2D eigenvalue weighted by Gasteiger charge is 1.99. The molecule has 0 unspecified atom stereocenters. The number of Topliss-reactive ketones (excluding diaryl/α,β-unsaturated/α-hetero) is 2. The highest BCUT2D eigenvalue weighted by molar-refractivity contribution is 5.83. The number of ketones is 2. The monoisotopic (exact) mass is 424 g/mol. The van der Waals surface area contributed by atoms with Crippen molar-refractivity contribution in [2.75, 3.05) is 34.8 Å². The summed E-state index contributed by atoms with van der Waals surface area (Å²) in [5, 5.41) is 12.5. The average Bonchev–Trinajstić information content (AvgIpc) is 2.72. The zero-order chi connectivity index (χ0) is 24.3. The molecular formula is C17H36N4O8. The first-order valence-corrected chi connectivity index (χ1v) is 8.38. The molecule has 0 heterocycles. The maximum atomic E-state index is 10.5. The van der Waals surface area contributed by atoms with Crippen LogP contribution >= 0.6 is 0 Å². The fraction of sp³-hybridized carbons (Fsp3) is 0.647. The van der Waals surface area contributed by atoms with Gasteiger partial charge in [0.05, 0.1) is 13.7 Å². The van der Waals surface area contributed by atoms with Gasteiger partial charge in [0.1, 0.15) is 11.6 Å². The molecule has 0 aliphatic carbocycles. The Kier molecular flexibility index (Phi) is 41.8. The second-order valence-electron chi connectivity index (χ2n) is 4.68. The maximum Gasteiger partial charge on any atom is 0.317 e. The van der Waals surface area contributed by atoms with Crippen molar-refractivity contribution in [3.05, 3.63) is 0 Å². The molecule has 0 saturated heterocycles. The Bertz CT molecular complexity index is 427. The molecule has 0 aromatic carbocycles. The minimum Gasteiger partial charge on any atom is -0.480 e. The molecule has 0 aromatic rings. The van der Waals surface area contributed by atoms with Gasteiger partial charge in [0, 0.05) is 39.8 Å². The Balaban J connectivity index is -0.0000000899. The van der Waals surface area contributed by atoms with E-state index in [9.17, 15) is 24.0 Å². The number of carboxylic acids is 1. The lowest BCUT2D eigenvalue weighted by atomic mass is 10.2. The number of aliphatic carboxylic acids is 1. The first-order valence-electron chi connectivity index (χ1n) is 8.38. The summed E-state index contributed by atoms with van der Waals surface area (Å²) >= 11 is 0. The van der Waals surface area contributed by atoms with E-state index in [1.165, 1.54) is 28.0 Å². The van der Waals surface area contributed by atoms with E-state index in [0.29, 0.717) is 32.2 Å². The van der Waals surface area contributed by atoms with E-state index in [2.05, 4.69) is 26.8 Å². The standard InChI is InChI=1S/2C6H11NO2.C2H5NO2.C2H4O2.CH5N/c2*1-5(8)3-4-6(9)7-2;3-1-2(4)5;1-4-2-3;1-2/h2*3-4H2,1-2H3,(H,7,9);1,3H2,(H,4,5);2H,1H3;2H2,1H3. The van der Waals surface area contributed by atoms with E-state index in [1.54, 1.807) is 14.1 Å². The fourth-order valence-corrected chi connectivity index (χ4v) is 0.829. The number of rotatable bonds is 8. The highest BCUT2D eigenvalue weighted by atomic mass is 16.5. The molecule has 172 valence electrons. The maximum absolute atomic E-state index is 10.5. The molecule has 0 spiro atoms. The molecule has 0 aliphatic rings. The Morgan fingerprint density at radius 2 is 1.10 bits per heavy atom. The number of hydrogen-bond acceptors (Lipinski definition) is 9. The Morgan fingerprint density at radius 1 is 0.862 bits per heavy atom. The molecule has 0 fully saturated rings. The fourth-order valence-electron chi connectivity index (χ4n) is 0.829. The molecule has 2 amide bonds. The van der Waals surface area contributed by atoms with Gasteiger partial charge < -0.3 is 41.5 Å².